The van der Waals surface area contributed by atoms with Crippen LogP contribution in [0.2, 0.25) is 0 Å². The molecule has 1 aromatic heterocycles. The number of carbonyl (C=O) groups excluding carboxylic acids is 2. The number of rotatable bonds is 5. The Morgan fingerprint density at radius 1 is 1.48 bits per heavy atom. The second-order valence-corrected chi connectivity index (χ2v) is 7.51. The van der Waals surface area contributed by atoms with Crippen molar-refractivity contribution in [1.29, 1.82) is 0 Å². The maximum atomic E-state index is 12.3. The van der Waals surface area contributed by atoms with Gasteiger partial charge in [-0.25, -0.2) is 0 Å². The van der Waals surface area contributed by atoms with Gasteiger partial charge in [-0.3, -0.25) is 9.59 Å². The van der Waals surface area contributed by atoms with Crippen molar-refractivity contribution < 1.29 is 14.1 Å². The highest BCUT2D eigenvalue weighted by atomic mass is 32.2. The Balaban J connectivity index is 1.75. The number of anilines is 1. The minimum Gasteiger partial charge on any atom is -0.360 e. The minimum absolute atomic E-state index is 0.126. The summed E-state index contributed by atoms with van der Waals surface area (Å²) in [6.07, 6.45) is 3.32. The third kappa shape index (κ3) is 5.57. The Hall–Kier alpha value is -1.50. The van der Waals surface area contributed by atoms with Crippen LogP contribution in [-0.4, -0.2) is 46.0 Å². The van der Waals surface area contributed by atoms with E-state index in [1.54, 1.807) is 19.9 Å². The lowest BCUT2D eigenvalue weighted by Gasteiger charge is -2.21. The van der Waals surface area contributed by atoms with E-state index in [2.05, 4.69) is 17.4 Å². The van der Waals surface area contributed by atoms with Crippen molar-refractivity contribution in [1.82, 2.24) is 10.1 Å². The molecule has 0 bridgehead atoms. The predicted molar refractivity (Wildman–Crippen MR) is 91.4 cm³/mol. The summed E-state index contributed by atoms with van der Waals surface area (Å²) in [5.74, 6) is 2.04. The number of nitrogens with one attached hydrogen (secondary N) is 1. The summed E-state index contributed by atoms with van der Waals surface area (Å²) in [4.78, 5) is 26.3. The number of aromatic nitrogens is 1. The standard InChI is InChI=1S/C16H25N3O3S/c1-11-5-4-7-19(8-6-11)15(20)10-23-13(3)16(21)17-14-9-12(2)22-18-14/h9,11,13H,4-8,10H2,1-3H3,(H,17,18,21)/t11-,13+/m0/s1. The van der Waals surface area contributed by atoms with Crippen molar-refractivity contribution in [2.75, 3.05) is 24.2 Å². The molecule has 7 heteroatoms. The SMILES string of the molecule is Cc1cc(NC(=O)[C@@H](C)SCC(=O)N2CCC[C@H](C)CC2)no1. The number of hydrogen-bond acceptors (Lipinski definition) is 5. The van der Waals surface area contributed by atoms with E-state index in [0.717, 1.165) is 25.9 Å². The topological polar surface area (TPSA) is 75.4 Å². The van der Waals surface area contributed by atoms with Gasteiger partial charge in [-0.1, -0.05) is 12.1 Å². The van der Waals surface area contributed by atoms with E-state index < -0.39 is 0 Å². The molecule has 1 saturated heterocycles. The van der Waals surface area contributed by atoms with Gasteiger partial charge in [-0.15, -0.1) is 11.8 Å². The van der Waals surface area contributed by atoms with Crippen LogP contribution >= 0.6 is 11.8 Å². The predicted octanol–water partition coefficient (Wildman–Crippen LogP) is 2.69. The van der Waals surface area contributed by atoms with Gasteiger partial charge in [-0.05, 0) is 39.0 Å². The second-order valence-electron chi connectivity index (χ2n) is 6.18. The minimum atomic E-state index is -0.318. The Kier molecular flexibility index (Phi) is 6.50. The quantitative estimate of drug-likeness (QED) is 0.892. The van der Waals surface area contributed by atoms with E-state index in [1.165, 1.54) is 18.2 Å². The van der Waals surface area contributed by atoms with E-state index in [9.17, 15) is 9.59 Å². The van der Waals surface area contributed by atoms with Crippen LogP contribution in [0.1, 0.15) is 38.9 Å². The number of carbonyl (C=O) groups is 2. The van der Waals surface area contributed by atoms with Gasteiger partial charge >= 0.3 is 0 Å². The first-order chi connectivity index (χ1) is 11.0. The summed E-state index contributed by atoms with van der Waals surface area (Å²) >= 11 is 1.36. The highest BCUT2D eigenvalue weighted by Crippen LogP contribution is 2.19. The van der Waals surface area contributed by atoms with Gasteiger partial charge < -0.3 is 14.7 Å². The van der Waals surface area contributed by atoms with Gasteiger partial charge in [0.05, 0.1) is 11.0 Å². The molecule has 0 saturated carbocycles. The van der Waals surface area contributed by atoms with E-state index in [0.29, 0.717) is 23.2 Å². The van der Waals surface area contributed by atoms with Crippen molar-refractivity contribution in [3.63, 3.8) is 0 Å². The molecule has 0 unspecified atom stereocenters. The summed E-state index contributed by atoms with van der Waals surface area (Å²) in [6, 6.07) is 1.67. The molecule has 0 radical (unpaired) electrons. The van der Waals surface area contributed by atoms with Crippen LogP contribution in [0.4, 0.5) is 5.82 Å². The van der Waals surface area contributed by atoms with Gasteiger partial charge in [-0.2, -0.15) is 0 Å². The first kappa shape index (κ1) is 17.8. The average molecular weight is 339 g/mol. The van der Waals surface area contributed by atoms with Gasteiger partial charge in [0.15, 0.2) is 5.82 Å². The zero-order valence-electron chi connectivity index (χ0n) is 14.0. The molecule has 2 rings (SSSR count). The molecule has 1 aromatic rings. The van der Waals surface area contributed by atoms with Crippen LogP contribution in [0.25, 0.3) is 0 Å². The Morgan fingerprint density at radius 3 is 2.96 bits per heavy atom. The van der Waals surface area contributed by atoms with Crippen molar-refractivity contribution in [2.24, 2.45) is 5.92 Å². The van der Waals surface area contributed by atoms with Gasteiger partial charge in [0, 0.05) is 19.2 Å². The number of nitrogens with zero attached hydrogens (tertiary/aromatic N) is 2. The fraction of sp³-hybridized carbons (Fsp3) is 0.688. The summed E-state index contributed by atoms with van der Waals surface area (Å²) in [7, 11) is 0. The average Bonchev–Trinajstić information content (AvgIpc) is 2.79. The fourth-order valence-electron chi connectivity index (χ4n) is 2.53. The molecule has 1 aliphatic heterocycles. The molecule has 0 aliphatic carbocycles. The lowest BCUT2D eigenvalue weighted by atomic mass is 10.0. The molecule has 1 fully saturated rings. The molecule has 6 nitrogen and oxygen atoms in total. The maximum absolute atomic E-state index is 12.3. The monoisotopic (exact) mass is 339 g/mol. The van der Waals surface area contributed by atoms with Crippen molar-refractivity contribution in [3.05, 3.63) is 11.8 Å². The maximum Gasteiger partial charge on any atom is 0.238 e. The first-order valence-corrected chi connectivity index (χ1v) is 9.14. The van der Waals surface area contributed by atoms with Crippen molar-refractivity contribution in [2.45, 2.75) is 45.3 Å². The smallest absolute Gasteiger partial charge is 0.238 e. The van der Waals surface area contributed by atoms with E-state index in [-0.39, 0.29) is 17.1 Å². The largest absolute Gasteiger partial charge is 0.360 e. The van der Waals surface area contributed by atoms with Gasteiger partial charge in [0.1, 0.15) is 5.76 Å². The number of thioether (sulfide) groups is 1. The lowest BCUT2D eigenvalue weighted by molar-refractivity contribution is -0.128. The molecule has 2 heterocycles. The number of likely N-dealkylation sites (tertiary alicyclic amines) is 1. The molecule has 128 valence electrons. The summed E-state index contributed by atoms with van der Waals surface area (Å²) < 4.78 is 4.91. The van der Waals surface area contributed by atoms with E-state index >= 15 is 0 Å². The van der Waals surface area contributed by atoms with E-state index in [4.69, 9.17) is 4.52 Å². The zero-order chi connectivity index (χ0) is 16.8. The molecule has 1 N–H and O–H groups in total. The third-order valence-corrected chi connectivity index (χ3v) is 5.20. The van der Waals surface area contributed by atoms with Gasteiger partial charge in [0.2, 0.25) is 11.8 Å². The molecule has 2 atom stereocenters. The summed E-state index contributed by atoms with van der Waals surface area (Å²) in [5.41, 5.74) is 0. The zero-order valence-corrected chi connectivity index (χ0v) is 14.8. The Morgan fingerprint density at radius 2 is 2.26 bits per heavy atom. The highest BCUT2D eigenvalue weighted by molar-refractivity contribution is 8.01. The molecule has 23 heavy (non-hydrogen) atoms. The van der Waals surface area contributed by atoms with Crippen LogP contribution < -0.4 is 5.32 Å². The first-order valence-electron chi connectivity index (χ1n) is 8.09. The van der Waals surface area contributed by atoms with E-state index in [1.807, 2.05) is 4.90 Å². The van der Waals surface area contributed by atoms with Crippen LogP contribution in [0.5, 0.6) is 0 Å². The molecular formula is C16H25N3O3S. The highest BCUT2D eigenvalue weighted by Gasteiger charge is 2.21. The van der Waals surface area contributed by atoms with Crippen molar-refractivity contribution in [3.8, 4) is 0 Å². The lowest BCUT2D eigenvalue weighted by Crippen LogP contribution is -2.34. The van der Waals surface area contributed by atoms with Crippen LogP contribution in [-0.2, 0) is 9.59 Å². The summed E-state index contributed by atoms with van der Waals surface area (Å²) in [5, 5.41) is 6.11. The normalized spacial score (nSPS) is 20.0. The molecule has 0 aromatic carbocycles. The fourth-order valence-corrected chi connectivity index (χ4v) is 3.31. The number of hydrogen-bond donors (Lipinski definition) is 1. The molecule has 1 aliphatic rings. The third-order valence-electron chi connectivity index (χ3n) is 4.07. The van der Waals surface area contributed by atoms with Gasteiger partial charge in [0.25, 0.3) is 0 Å². The Bertz CT molecular complexity index is 546. The number of amides is 2. The number of aryl methyl sites for hydroxylation is 1. The molecule has 2 amide bonds. The molecule has 0 spiro atoms. The van der Waals surface area contributed by atoms with Crippen LogP contribution in [0, 0.1) is 12.8 Å². The second kappa shape index (κ2) is 8.38. The van der Waals surface area contributed by atoms with Crippen LogP contribution in [0.3, 0.4) is 0 Å². The van der Waals surface area contributed by atoms with Crippen molar-refractivity contribution >= 4 is 29.4 Å². The molecular weight excluding hydrogens is 314 g/mol. The van der Waals surface area contributed by atoms with Crippen LogP contribution in [0.15, 0.2) is 10.6 Å². The summed E-state index contributed by atoms with van der Waals surface area (Å²) in [6.45, 7) is 7.47. The Labute approximate surface area is 141 Å².